The third-order valence-electron chi connectivity index (χ3n) is 3.50. The third kappa shape index (κ3) is 3.19. The van der Waals surface area contributed by atoms with Gasteiger partial charge in [-0.05, 0) is 19.8 Å². The van der Waals surface area contributed by atoms with E-state index in [0.29, 0.717) is 5.92 Å². The summed E-state index contributed by atoms with van der Waals surface area (Å²) in [6.07, 6.45) is 3.38. The molecule has 1 N–H and O–H groups in total. The first-order chi connectivity index (χ1) is 7.75. The zero-order valence-electron chi connectivity index (χ0n) is 10.1. The van der Waals surface area contributed by atoms with Crippen LogP contribution in [0.2, 0.25) is 0 Å². The summed E-state index contributed by atoms with van der Waals surface area (Å²) in [6.45, 7) is 6.66. The molecule has 4 heteroatoms. The van der Waals surface area contributed by atoms with Crippen molar-refractivity contribution in [2.45, 2.75) is 32.2 Å². The lowest BCUT2D eigenvalue weighted by atomic mass is 9.84. The van der Waals surface area contributed by atoms with Gasteiger partial charge >= 0.3 is 0 Å². The second-order valence-corrected chi connectivity index (χ2v) is 4.95. The zero-order chi connectivity index (χ0) is 11.4. The van der Waals surface area contributed by atoms with Crippen molar-refractivity contribution < 1.29 is 9.53 Å². The summed E-state index contributed by atoms with van der Waals surface area (Å²) in [5.41, 5.74) is 0. The summed E-state index contributed by atoms with van der Waals surface area (Å²) in [5.74, 6) is 0.555. The van der Waals surface area contributed by atoms with Crippen LogP contribution in [0.3, 0.4) is 0 Å². The lowest BCUT2D eigenvalue weighted by Crippen LogP contribution is -2.48. The van der Waals surface area contributed by atoms with Crippen LogP contribution in [-0.4, -0.2) is 49.7 Å². The standard InChI is InChI=1S/C12H22N2O2/c1-10(9-14-5-7-16-8-6-14)13-12(15)11-3-2-4-11/h10-11H,2-9H2,1H3,(H,13,15)/t10-/m0/s1. The normalized spacial score (nSPS) is 24.8. The van der Waals surface area contributed by atoms with Crippen LogP contribution < -0.4 is 5.32 Å². The Morgan fingerprint density at radius 1 is 1.44 bits per heavy atom. The van der Waals surface area contributed by atoms with E-state index in [-0.39, 0.29) is 11.9 Å². The first kappa shape index (κ1) is 11.9. The van der Waals surface area contributed by atoms with Gasteiger partial charge in [-0.25, -0.2) is 0 Å². The minimum absolute atomic E-state index is 0.256. The topological polar surface area (TPSA) is 41.6 Å². The minimum Gasteiger partial charge on any atom is -0.379 e. The van der Waals surface area contributed by atoms with Gasteiger partial charge < -0.3 is 10.1 Å². The number of morpholine rings is 1. The molecule has 92 valence electrons. The largest absolute Gasteiger partial charge is 0.379 e. The Kier molecular flexibility index (Phi) is 4.18. The predicted octanol–water partition coefficient (Wildman–Crippen LogP) is 0.623. The van der Waals surface area contributed by atoms with E-state index < -0.39 is 0 Å². The smallest absolute Gasteiger partial charge is 0.223 e. The molecule has 2 rings (SSSR count). The van der Waals surface area contributed by atoms with Crippen LogP contribution >= 0.6 is 0 Å². The summed E-state index contributed by atoms with van der Waals surface area (Å²) in [4.78, 5) is 14.1. The van der Waals surface area contributed by atoms with Crippen LogP contribution in [0.15, 0.2) is 0 Å². The van der Waals surface area contributed by atoms with Crippen molar-refractivity contribution in [3.8, 4) is 0 Å². The molecule has 1 saturated carbocycles. The molecular weight excluding hydrogens is 204 g/mol. The summed E-state index contributed by atoms with van der Waals surface area (Å²) in [5, 5.41) is 3.11. The molecule has 1 aliphatic carbocycles. The summed E-state index contributed by atoms with van der Waals surface area (Å²) in [6, 6.07) is 0.256. The molecule has 0 aromatic rings. The van der Waals surface area contributed by atoms with Crippen molar-refractivity contribution in [2.24, 2.45) is 5.92 Å². The van der Waals surface area contributed by atoms with Crippen molar-refractivity contribution in [1.82, 2.24) is 10.2 Å². The van der Waals surface area contributed by atoms with E-state index in [2.05, 4.69) is 17.1 Å². The molecule has 0 radical (unpaired) electrons. The number of amides is 1. The van der Waals surface area contributed by atoms with Gasteiger partial charge in [-0.15, -0.1) is 0 Å². The molecule has 4 nitrogen and oxygen atoms in total. The Balaban J connectivity index is 1.66. The number of nitrogens with zero attached hydrogens (tertiary/aromatic N) is 1. The van der Waals surface area contributed by atoms with Crippen LogP contribution in [0.5, 0.6) is 0 Å². The summed E-state index contributed by atoms with van der Waals surface area (Å²) >= 11 is 0. The average Bonchev–Trinajstić information content (AvgIpc) is 2.15. The van der Waals surface area contributed by atoms with Crippen molar-refractivity contribution in [2.75, 3.05) is 32.8 Å². The van der Waals surface area contributed by atoms with Crippen LogP contribution in [0.25, 0.3) is 0 Å². The van der Waals surface area contributed by atoms with Gasteiger partial charge in [-0.2, -0.15) is 0 Å². The van der Waals surface area contributed by atoms with Gasteiger partial charge in [-0.1, -0.05) is 6.42 Å². The average molecular weight is 226 g/mol. The molecule has 0 aromatic heterocycles. The van der Waals surface area contributed by atoms with Gasteiger partial charge in [0, 0.05) is 31.6 Å². The molecule has 16 heavy (non-hydrogen) atoms. The SMILES string of the molecule is C[C@@H](CN1CCOCC1)NC(=O)C1CCC1. The number of ether oxygens (including phenoxy) is 1. The molecular formula is C12H22N2O2. The summed E-state index contributed by atoms with van der Waals surface area (Å²) in [7, 11) is 0. The molecule has 0 bridgehead atoms. The molecule has 0 unspecified atom stereocenters. The number of carbonyl (C=O) groups is 1. The van der Waals surface area contributed by atoms with Crippen LogP contribution in [0.1, 0.15) is 26.2 Å². The second kappa shape index (κ2) is 5.64. The fourth-order valence-electron chi connectivity index (χ4n) is 2.25. The van der Waals surface area contributed by atoms with E-state index in [1.165, 1.54) is 6.42 Å². The molecule has 1 aliphatic heterocycles. The lowest BCUT2D eigenvalue weighted by molar-refractivity contribution is -0.128. The first-order valence-electron chi connectivity index (χ1n) is 6.36. The fraction of sp³-hybridized carbons (Fsp3) is 0.917. The lowest BCUT2D eigenvalue weighted by Gasteiger charge is -2.31. The van der Waals surface area contributed by atoms with E-state index in [9.17, 15) is 4.79 Å². The monoisotopic (exact) mass is 226 g/mol. The second-order valence-electron chi connectivity index (χ2n) is 4.95. The highest BCUT2D eigenvalue weighted by molar-refractivity contribution is 5.79. The van der Waals surface area contributed by atoms with Crippen LogP contribution in [0.4, 0.5) is 0 Å². The van der Waals surface area contributed by atoms with Gasteiger partial charge in [0.15, 0.2) is 0 Å². The molecule has 0 aromatic carbocycles. The fourth-order valence-corrected chi connectivity index (χ4v) is 2.25. The van der Waals surface area contributed by atoms with E-state index in [1.807, 2.05) is 0 Å². The van der Waals surface area contributed by atoms with Gasteiger partial charge in [0.1, 0.15) is 0 Å². The van der Waals surface area contributed by atoms with Crippen LogP contribution in [0, 0.1) is 5.92 Å². The maximum absolute atomic E-state index is 11.7. The molecule has 2 fully saturated rings. The maximum atomic E-state index is 11.7. The molecule has 1 atom stereocenters. The molecule has 1 amide bonds. The number of carbonyl (C=O) groups excluding carboxylic acids is 1. The van der Waals surface area contributed by atoms with E-state index in [1.54, 1.807) is 0 Å². The number of rotatable bonds is 4. The van der Waals surface area contributed by atoms with E-state index >= 15 is 0 Å². The Hall–Kier alpha value is -0.610. The molecule has 1 saturated heterocycles. The Morgan fingerprint density at radius 3 is 2.69 bits per heavy atom. The van der Waals surface area contributed by atoms with Gasteiger partial charge in [0.25, 0.3) is 0 Å². The Labute approximate surface area is 97.3 Å². The molecule has 0 spiro atoms. The van der Waals surface area contributed by atoms with Gasteiger partial charge in [0.05, 0.1) is 13.2 Å². The highest BCUT2D eigenvalue weighted by Gasteiger charge is 2.26. The Bertz CT molecular complexity index is 235. The zero-order valence-corrected chi connectivity index (χ0v) is 10.1. The van der Waals surface area contributed by atoms with Crippen molar-refractivity contribution in [3.63, 3.8) is 0 Å². The van der Waals surface area contributed by atoms with Crippen molar-refractivity contribution >= 4 is 5.91 Å². The highest BCUT2D eigenvalue weighted by atomic mass is 16.5. The minimum atomic E-state index is 0.256. The van der Waals surface area contributed by atoms with Crippen molar-refractivity contribution in [3.05, 3.63) is 0 Å². The predicted molar refractivity (Wildman–Crippen MR) is 62.2 cm³/mol. The van der Waals surface area contributed by atoms with Gasteiger partial charge in [-0.3, -0.25) is 9.69 Å². The van der Waals surface area contributed by atoms with Crippen molar-refractivity contribution in [1.29, 1.82) is 0 Å². The quantitative estimate of drug-likeness (QED) is 0.764. The third-order valence-corrected chi connectivity index (χ3v) is 3.50. The summed E-state index contributed by atoms with van der Waals surface area (Å²) < 4.78 is 5.30. The number of hydrogen-bond donors (Lipinski definition) is 1. The highest BCUT2D eigenvalue weighted by Crippen LogP contribution is 2.26. The first-order valence-corrected chi connectivity index (χ1v) is 6.36. The Morgan fingerprint density at radius 2 is 2.12 bits per heavy atom. The molecule has 1 heterocycles. The maximum Gasteiger partial charge on any atom is 0.223 e. The van der Waals surface area contributed by atoms with Crippen LogP contribution in [-0.2, 0) is 9.53 Å². The van der Waals surface area contributed by atoms with E-state index in [0.717, 1.165) is 45.7 Å². The van der Waals surface area contributed by atoms with Gasteiger partial charge in [0.2, 0.25) is 5.91 Å². The van der Waals surface area contributed by atoms with E-state index in [4.69, 9.17) is 4.74 Å². The molecule has 2 aliphatic rings. The number of nitrogens with one attached hydrogen (secondary N) is 1. The number of hydrogen-bond acceptors (Lipinski definition) is 3.